The smallest absolute Gasteiger partial charge is 0.332 e. The number of nitrogens with zero attached hydrogens (tertiary/aromatic N) is 2. The maximum absolute atomic E-state index is 13.2. The van der Waals surface area contributed by atoms with Gasteiger partial charge in [-0.25, -0.2) is 9.69 Å². The molecule has 0 bridgehead atoms. The fourth-order valence-corrected chi connectivity index (χ4v) is 3.68. The van der Waals surface area contributed by atoms with Gasteiger partial charge in [0.05, 0.1) is 18.7 Å². The molecule has 3 rings (SSSR count). The Morgan fingerprint density at radius 1 is 1.12 bits per heavy atom. The minimum Gasteiger partial charge on any atom is -0.494 e. The number of aryl methyl sites for hydroxylation is 1. The van der Waals surface area contributed by atoms with Crippen LogP contribution in [0.3, 0.4) is 0 Å². The van der Waals surface area contributed by atoms with Crippen LogP contribution in [0.2, 0.25) is 0 Å². The Kier molecular flexibility index (Phi) is 7.51. The minimum absolute atomic E-state index is 0.103. The Bertz CT molecular complexity index is 971. The molecule has 170 valence electrons. The fraction of sp³-hybridized carbons (Fsp3) is 0.400. The molecule has 0 spiro atoms. The first-order valence-electron chi connectivity index (χ1n) is 11.0. The van der Waals surface area contributed by atoms with E-state index in [1.165, 1.54) is 9.80 Å². The second-order valence-corrected chi connectivity index (χ2v) is 8.48. The van der Waals surface area contributed by atoms with Crippen LogP contribution in [-0.4, -0.2) is 41.9 Å². The van der Waals surface area contributed by atoms with Crippen molar-refractivity contribution < 1.29 is 19.1 Å². The molecule has 1 aliphatic heterocycles. The van der Waals surface area contributed by atoms with Crippen molar-refractivity contribution in [2.24, 2.45) is 5.92 Å². The Hall–Kier alpha value is -3.35. The zero-order valence-corrected chi connectivity index (χ0v) is 19.1. The molecule has 7 nitrogen and oxygen atoms in total. The number of imide groups is 1. The van der Waals surface area contributed by atoms with Crippen molar-refractivity contribution in [1.82, 2.24) is 4.90 Å². The molecular weight excluding hydrogens is 406 g/mol. The highest BCUT2D eigenvalue weighted by Gasteiger charge is 2.46. The lowest BCUT2D eigenvalue weighted by molar-refractivity contribution is -0.124. The first-order chi connectivity index (χ1) is 15.3. The van der Waals surface area contributed by atoms with Gasteiger partial charge in [-0.2, -0.15) is 0 Å². The Balaban J connectivity index is 1.74. The number of hydrogen-bond acceptors (Lipinski definition) is 4. The van der Waals surface area contributed by atoms with E-state index in [-0.39, 0.29) is 30.2 Å². The molecule has 0 saturated carbocycles. The number of carbonyl (C=O) groups excluding carboxylic acids is 3. The van der Waals surface area contributed by atoms with Crippen LogP contribution in [0.4, 0.5) is 16.2 Å². The number of carbonyl (C=O) groups is 3. The molecule has 2 aromatic carbocycles. The second-order valence-electron chi connectivity index (χ2n) is 8.48. The van der Waals surface area contributed by atoms with Crippen LogP contribution < -0.4 is 15.0 Å². The maximum atomic E-state index is 13.2. The number of amides is 4. The van der Waals surface area contributed by atoms with Crippen LogP contribution in [0.25, 0.3) is 0 Å². The molecule has 1 aliphatic rings. The highest BCUT2D eigenvalue weighted by atomic mass is 16.5. The Labute approximate surface area is 189 Å². The zero-order chi connectivity index (χ0) is 23.3. The van der Waals surface area contributed by atoms with E-state index >= 15 is 0 Å². The third kappa shape index (κ3) is 5.46. The molecule has 1 atom stereocenters. The van der Waals surface area contributed by atoms with E-state index in [0.29, 0.717) is 24.5 Å². The topological polar surface area (TPSA) is 79.0 Å². The normalized spacial score (nSPS) is 16.1. The van der Waals surface area contributed by atoms with Gasteiger partial charge in [0.2, 0.25) is 5.91 Å². The molecule has 1 N–H and O–H groups in total. The first kappa shape index (κ1) is 23.3. The molecule has 2 aromatic rings. The average Bonchev–Trinajstić information content (AvgIpc) is 2.96. The monoisotopic (exact) mass is 437 g/mol. The standard InChI is InChI=1S/C25H31N3O4/c1-5-13-32-21-11-9-19(10-12-21)26-23(29)15-22-24(30)28(20-8-6-7-18(4)14-20)25(31)27(22)16-17(2)3/h6-12,14,17,22H,5,13,15-16H2,1-4H3,(H,26,29)/t22-/m1/s1. The number of ether oxygens (including phenoxy) is 1. The van der Waals surface area contributed by atoms with Gasteiger partial charge in [0.1, 0.15) is 11.8 Å². The van der Waals surface area contributed by atoms with E-state index < -0.39 is 6.04 Å². The molecule has 0 unspecified atom stereocenters. The predicted molar refractivity (Wildman–Crippen MR) is 125 cm³/mol. The summed E-state index contributed by atoms with van der Waals surface area (Å²) in [6.07, 6.45) is 0.812. The first-order valence-corrected chi connectivity index (χ1v) is 11.0. The lowest BCUT2D eigenvalue weighted by atomic mass is 10.1. The molecular formula is C25H31N3O4. The van der Waals surface area contributed by atoms with Gasteiger partial charge in [-0.15, -0.1) is 0 Å². The Morgan fingerprint density at radius 3 is 2.47 bits per heavy atom. The molecule has 4 amide bonds. The van der Waals surface area contributed by atoms with Crippen LogP contribution in [0, 0.1) is 12.8 Å². The summed E-state index contributed by atoms with van der Waals surface area (Å²) in [5.41, 5.74) is 2.09. The highest BCUT2D eigenvalue weighted by Crippen LogP contribution is 2.28. The van der Waals surface area contributed by atoms with E-state index in [4.69, 9.17) is 4.74 Å². The van der Waals surface area contributed by atoms with Crippen LogP contribution in [0.5, 0.6) is 5.75 Å². The van der Waals surface area contributed by atoms with E-state index in [1.54, 1.807) is 36.4 Å². The van der Waals surface area contributed by atoms with Gasteiger partial charge < -0.3 is 15.0 Å². The molecule has 32 heavy (non-hydrogen) atoms. The largest absolute Gasteiger partial charge is 0.494 e. The van der Waals surface area contributed by atoms with Gasteiger partial charge in [-0.3, -0.25) is 9.59 Å². The van der Waals surface area contributed by atoms with Crippen molar-refractivity contribution in [2.75, 3.05) is 23.4 Å². The summed E-state index contributed by atoms with van der Waals surface area (Å²) in [4.78, 5) is 41.8. The average molecular weight is 438 g/mol. The van der Waals surface area contributed by atoms with Crippen molar-refractivity contribution in [3.05, 3.63) is 54.1 Å². The number of urea groups is 1. The van der Waals surface area contributed by atoms with E-state index in [2.05, 4.69) is 5.32 Å². The van der Waals surface area contributed by atoms with Crippen molar-refractivity contribution >= 4 is 29.2 Å². The van der Waals surface area contributed by atoms with E-state index in [1.807, 2.05) is 39.8 Å². The number of nitrogens with one attached hydrogen (secondary N) is 1. The third-order valence-corrected chi connectivity index (χ3v) is 5.13. The van der Waals surface area contributed by atoms with Crippen LogP contribution in [-0.2, 0) is 9.59 Å². The van der Waals surface area contributed by atoms with Crippen molar-refractivity contribution in [3.8, 4) is 5.75 Å². The third-order valence-electron chi connectivity index (χ3n) is 5.13. The van der Waals surface area contributed by atoms with Gasteiger partial charge in [0.25, 0.3) is 5.91 Å². The summed E-state index contributed by atoms with van der Waals surface area (Å²) in [7, 11) is 0. The van der Waals surface area contributed by atoms with E-state index in [0.717, 1.165) is 17.7 Å². The van der Waals surface area contributed by atoms with Gasteiger partial charge in [-0.1, -0.05) is 32.9 Å². The molecule has 1 heterocycles. The van der Waals surface area contributed by atoms with Crippen molar-refractivity contribution in [1.29, 1.82) is 0 Å². The molecule has 0 aliphatic carbocycles. The second kappa shape index (κ2) is 10.3. The minimum atomic E-state index is -0.836. The fourth-order valence-electron chi connectivity index (χ4n) is 3.68. The van der Waals surface area contributed by atoms with Crippen LogP contribution in [0.1, 0.15) is 39.2 Å². The SMILES string of the molecule is CCCOc1ccc(NC(=O)C[C@@H]2C(=O)N(c3cccc(C)c3)C(=O)N2CC(C)C)cc1. The maximum Gasteiger partial charge on any atom is 0.332 e. The zero-order valence-electron chi connectivity index (χ0n) is 19.1. The number of rotatable bonds is 9. The summed E-state index contributed by atoms with van der Waals surface area (Å²) in [6.45, 7) is 8.93. The molecule has 7 heteroatoms. The molecule has 0 aromatic heterocycles. The summed E-state index contributed by atoms with van der Waals surface area (Å²) in [5.74, 6) is 0.196. The predicted octanol–water partition coefficient (Wildman–Crippen LogP) is 4.61. The summed E-state index contributed by atoms with van der Waals surface area (Å²) >= 11 is 0. The van der Waals surface area contributed by atoms with Crippen LogP contribution in [0.15, 0.2) is 48.5 Å². The van der Waals surface area contributed by atoms with Crippen molar-refractivity contribution in [2.45, 2.75) is 46.6 Å². The lowest BCUT2D eigenvalue weighted by Crippen LogP contribution is -2.40. The summed E-state index contributed by atoms with van der Waals surface area (Å²) in [5, 5.41) is 2.82. The van der Waals surface area contributed by atoms with Gasteiger partial charge in [-0.05, 0) is 61.2 Å². The lowest BCUT2D eigenvalue weighted by Gasteiger charge is -2.23. The molecule has 0 radical (unpaired) electrons. The van der Waals surface area contributed by atoms with Gasteiger partial charge >= 0.3 is 6.03 Å². The number of anilines is 2. The molecule has 1 saturated heterocycles. The highest BCUT2D eigenvalue weighted by molar-refractivity contribution is 6.22. The van der Waals surface area contributed by atoms with Crippen molar-refractivity contribution in [3.63, 3.8) is 0 Å². The quantitative estimate of drug-likeness (QED) is 0.581. The molecule has 1 fully saturated rings. The summed E-state index contributed by atoms with van der Waals surface area (Å²) in [6, 6.07) is 13.1. The van der Waals surface area contributed by atoms with Gasteiger partial charge in [0.15, 0.2) is 0 Å². The Morgan fingerprint density at radius 2 is 1.84 bits per heavy atom. The van der Waals surface area contributed by atoms with Gasteiger partial charge in [0, 0.05) is 12.2 Å². The number of benzene rings is 2. The van der Waals surface area contributed by atoms with E-state index in [9.17, 15) is 14.4 Å². The van der Waals surface area contributed by atoms with Crippen LogP contribution >= 0.6 is 0 Å². The summed E-state index contributed by atoms with van der Waals surface area (Å²) < 4.78 is 5.55. The number of hydrogen-bond donors (Lipinski definition) is 1.